The molecule has 0 fully saturated rings. The lowest BCUT2D eigenvalue weighted by atomic mass is 10.1. The Morgan fingerprint density at radius 1 is 1.33 bits per heavy atom. The summed E-state index contributed by atoms with van der Waals surface area (Å²) in [7, 11) is 0. The van der Waals surface area contributed by atoms with Crippen molar-refractivity contribution in [2.45, 2.75) is 12.5 Å². The summed E-state index contributed by atoms with van der Waals surface area (Å²) in [6, 6.07) is 7.55. The molecule has 1 aliphatic rings. The van der Waals surface area contributed by atoms with Crippen LogP contribution in [0.1, 0.15) is 11.1 Å². The van der Waals surface area contributed by atoms with E-state index in [9.17, 15) is 5.11 Å². The molecular weight excluding hydrogens is 154 g/mol. The van der Waals surface area contributed by atoms with E-state index >= 15 is 0 Å². The maximum Gasteiger partial charge on any atom is 0.116 e. The van der Waals surface area contributed by atoms with Gasteiger partial charge in [-0.15, -0.1) is 0 Å². The van der Waals surface area contributed by atoms with Crippen LogP contribution in [0.4, 0.5) is 0 Å². The van der Waals surface area contributed by atoms with Gasteiger partial charge in [-0.25, -0.2) is 0 Å². The molecule has 62 valence electrons. The number of hydrogen-bond acceptors (Lipinski definition) is 3. The zero-order valence-corrected chi connectivity index (χ0v) is 6.44. The molecule has 0 aromatic heterocycles. The lowest BCUT2D eigenvalue weighted by molar-refractivity contribution is 0.237. The number of hydrogen-bond donors (Lipinski definition) is 2. The minimum Gasteiger partial charge on any atom is -0.411 e. The van der Waals surface area contributed by atoms with Crippen molar-refractivity contribution < 1.29 is 10.3 Å². The first kappa shape index (κ1) is 7.31. The van der Waals surface area contributed by atoms with Crippen molar-refractivity contribution in [3.05, 3.63) is 35.4 Å². The van der Waals surface area contributed by atoms with E-state index in [1.807, 2.05) is 24.3 Å². The van der Waals surface area contributed by atoms with Gasteiger partial charge < -0.3 is 10.3 Å². The third-order valence-corrected chi connectivity index (χ3v) is 2.13. The van der Waals surface area contributed by atoms with Crippen LogP contribution in [-0.2, 0) is 6.42 Å². The monoisotopic (exact) mass is 163 g/mol. The fourth-order valence-electron chi connectivity index (χ4n) is 1.55. The Labute approximate surface area is 70.0 Å². The van der Waals surface area contributed by atoms with Crippen molar-refractivity contribution in [3.8, 4) is 0 Å². The number of benzene rings is 1. The maximum absolute atomic E-state index is 9.42. The molecule has 0 spiro atoms. The summed E-state index contributed by atoms with van der Waals surface area (Å²) < 4.78 is 0. The summed E-state index contributed by atoms with van der Waals surface area (Å²) in [5, 5.41) is 21.1. The van der Waals surface area contributed by atoms with Gasteiger partial charge >= 0.3 is 0 Å². The molecule has 0 amide bonds. The molecule has 12 heavy (non-hydrogen) atoms. The van der Waals surface area contributed by atoms with Gasteiger partial charge in [0.05, 0.1) is 0 Å². The maximum atomic E-state index is 9.42. The Kier molecular flexibility index (Phi) is 1.59. The molecule has 1 unspecified atom stereocenters. The second kappa shape index (κ2) is 2.60. The Hall–Kier alpha value is -1.35. The molecule has 3 nitrogen and oxygen atoms in total. The van der Waals surface area contributed by atoms with Gasteiger partial charge in [-0.3, -0.25) is 0 Å². The molecule has 0 saturated heterocycles. The number of aliphatic hydroxyl groups is 1. The molecule has 0 aliphatic heterocycles. The summed E-state index contributed by atoms with van der Waals surface area (Å²) in [6.45, 7) is 0. The lowest BCUT2D eigenvalue weighted by Crippen LogP contribution is -2.15. The first-order chi connectivity index (χ1) is 5.83. The normalized spacial score (nSPS) is 24.4. The van der Waals surface area contributed by atoms with Crippen molar-refractivity contribution in [2.75, 3.05) is 0 Å². The Morgan fingerprint density at radius 3 is 2.83 bits per heavy atom. The molecule has 3 heteroatoms. The van der Waals surface area contributed by atoms with E-state index in [0.29, 0.717) is 12.1 Å². The highest BCUT2D eigenvalue weighted by Crippen LogP contribution is 2.22. The third kappa shape index (κ3) is 0.905. The minimum absolute atomic E-state index is 0.380. The third-order valence-electron chi connectivity index (χ3n) is 2.13. The van der Waals surface area contributed by atoms with E-state index in [1.165, 1.54) is 0 Å². The summed E-state index contributed by atoms with van der Waals surface area (Å²) in [4.78, 5) is 0. The fourth-order valence-corrected chi connectivity index (χ4v) is 1.55. The number of fused-ring (bicyclic) bond motifs is 1. The van der Waals surface area contributed by atoms with Crippen LogP contribution < -0.4 is 0 Å². The molecule has 0 saturated carbocycles. The SMILES string of the molecule is O/N=C1\c2ccccc2CC1O. The largest absolute Gasteiger partial charge is 0.411 e. The van der Waals surface area contributed by atoms with E-state index in [2.05, 4.69) is 5.16 Å². The van der Waals surface area contributed by atoms with Crippen molar-refractivity contribution in [3.63, 3.8) is 0 Å². The molecule has 0 radical (unpaired) electrons. The summed E-state index contributed by atoms with van der Waals surface area (Å²) in [5.41, 5.74) is 2.27. The summed E-state index contributed by atoms with van der Waals surface area (Å²) in [5.74, 6) is 0. The van der Waals surface area contributed by atoms with Gasteiger partial charge in [-0.1, -0.05) is 29.4 Å². The van der Waals surface area contributed by atoms with Crippen LogP contribution in [0.25, 0.3) is 0 Å². The molecule has 0 heterocycles. The molecule has 1 atom stereocenters. The van der Waals surface area contributed by atoms with Crippen molar-refractivity contribution in [2.24, 2.45) is 5.16 Å². The van der Waals surface area contributed by atoms with E-state index in [1.54, 1.807) is 0 Å². The lowest BCUT2D eigenvalue weighted by Gasteiger charge is -1.98. The fraction of sp³-hybridized carbons (Fsp3) is 0.222. The highest BCUT2D eigenvalue weighted by molar-refractivity contribution is 6.07. The van der Waals surface area contributed by atoms with Gasteiger partial charge in [0.15, 0.2) is 0 Å². The number of aliphatic hydroxyl groups excluding tert-OH is 1. The Bertz CT molecular complexity index is 333. The molecular formula is C9H9NO2. The first-order valence-corrected chi connectivity index (χ1v) is 3.81. The molecule has 1 aromatic carbocycles. The minimum atomic E-state index is -0.646. The zero-order valence-electron chi connectivity index (χ0n) is 6.44. The van der Waals surface area contributed by atoms with Crippen LogP contribution in [0.5, 0.6) is 0 Å². The standard InChI is InChI=1S/C9H9NO2/c11-8-5-6-3-1-2-4-7(6)9(8)10-12/h1-4,8,11-12H,5H2/b10-9+. The topological polar surface area (TPSA) is 52.8 Å². The van der Waals surface area contributed by atoms with Crippen LogP contribution in [0, 0.1) is 0 Å². The van der Waals surface area contributed by atoms with Crippen LogP contribution >= 0.6 is 0 Å². The molecule has 0 bridgehead atoms. The smallest absolute Gasteiger partial charge is 0.116 e. The van der Waals surface area contributed by atoms with E-state index in [0.717, 1.165) is 11.1 Å². The Balaban J connectivity index is 2.55. The van der Waals surface area contributed by atoms with Crippen LogP contribution in [-0.4, -0.2) is 22.1 Å². The molecule has 2 N–H and O–H groups in total. The second-order valence-corrected chi connectivity index (χ2v) is 2.86. The van der Waals surface area contributed by atoms with Gasteiger partial charge in [0.2, 0.25) is 0 Å². The average molecular weight is 163 g/mol. The quantitative estimate of drug-likeness (QED) is 0.438. The van der Waals surface area contributed by atoms with Crippen LogP contribution in [0.15, 0.2) is 29.4 Å². The van der Waals surface area contributed by atoms with Crippen molar-refractivity contribution in [1.82, 2.24) is 0 Å². The number of rotatable bonds is 0. The molecule has 1 aromatic rings. The Morgan fingerprint density at radius 2 is 2.08 bits per heavy atom. The average Bonchev–Trinajstić information content (AvgIpc) is 2.40. The summed E-state index contributed by atoms with van der Waals surface area (Å²) in [6.07, 6.45) is -0.0948. The van der Waals surface area contributed by atoms with Crippen LogP contribution in [0.2, 0.25) is 0 Å². The highest BCUT2D eigenvalue weighted by Gasteiger charge is 2.26. The molecule has 1 aliphatic carbocycles. The van der Waals surface area contributed by atoms with Gasteiger partial charge in [-0.2, -0.15) is 0 Å². The highest BCUT2D eigenvalue weighted by atomic mass is 16.4. The zero-order chi connectivity index (χ0) is 8.55. The van der Waals surface area contributed by atoms with Crippen molar-refractivity contribution in [1.29, 1.82) is 0 Å². The molecule has 2 rings (SSSR count). The van der Waals surface area contributed by atoms with Crippen molar-refractivity contribution >= 4 is 5.71 Å². The summed E-state index contributed by atoms with van der Waals surface area (Å²) >= 11 is 0. The van der Waals surface area contributed by atoms with Crippen LogP contribution in [0.3, 0.4) is 0 Å². The second-order valence-electron chi connectivity index (χ2n) is 2.86. The number of nitrogens with zero attached hydrogens (tertiary/aromatic N) is 1. The van der Waals surface area contributed by atoms with Gasteiger partial charge in [0, 0.05) is 12.0 Å². The number of oxime groups is 1. The van der Waals surface area contributed by atoms with Gasteiger partial charge in [0.25, 0.3) is 0 Å². The first-order valence-electron chi connectivity index (χ1n) is 3.81. The van der Waals surface area contributed by atoms with Gasteiger partial charge in [-0.05, 0) is 5.56 Å². The van der Waals surface area contributed by atoms with E-state index < -0.39 is 6.10 Å². The van der Waals surface area contributed by atoms with E-state index in [-0.39, 0.29) is 0 Å². The predicted octanol–water partition coefficient (Wildman–Crippen LogP) is 0.782. The van der Waals surface area contributed by atoms with E-state index in [4.69, 9.17) is 5.21 Å². The predicted molar refractivity (Wildman–Crippen MR) is 44.5 cm³/mol. The van der Waals surface area contributed by atoms with Gasteiger partial charge in [0.1, 0.15) is 11.8 Å².